The van der Waals surface area contributed by atoms with Crippen LogP contribution in [0.25, 0.3) is 0 Å². The summed E-state index contributed by atoms with van der Waals surface area (Å²) in [6, 6.07) is 0. The molecule has 2 nitrogen and oxygen atoms in total. The largest absolute Gasteiger partial charge is 0.325 e. The third kappa shape index (κ3) is 3.64. The SMILES string of the molecule is CC1CN(CCC2(N)CCCCC2)CCS1. The molecule has 1 aliphatic carbocycles. The molecule has 2 rings (SSSR count). The Morgan fingerprint density at radius 3 is 2.75 bits per heavy atom. The Labute approximate surface area is 104 Å². The highest BCUT2D eigenvalue weighted by molar-refractivity contribution is 7.99. The second-order valence-electron chi connectivity index (χ2n) is 5.66. The second-order valence-corrected chi connectivity index (χ2v) is 7.20. The van der Waals surface area contributed by atoms with Crippen LogP contribution in [0.4, 0.5) is 0 Å². The van der Waals surface area contributed by atoms with Gasteiger partial charge in [-0.2, -0.15) is 11.8 Å². The monoisotopic (exact) mass is 242 g/mol. The molecule has 1 aliphatic heterocycles. The average molecular weight is 242 g/mol. The lowest BCUT2D eigenvalue weighted by Gasteiger charge is -2.37. The van der Waals surface area contributed by atoms with E-state index in [0.717, 1.165) is 5.25 Å². The average Bonchev–Trinajstić information content (AvgIpc) is 2.28. The predicted molar refractivity (Wildman–Crippen MR) is 73.0 cm³/mol. The number of thioether (sulfide) groups is 1. The topological polar surface area (TPSA) is 29.3 Å². The maximum absolute atomic E-state index is 6.48. The first-order chi connectivity index (χ1) is 7.68. The van der Waals surface area contributed by atoms with Crippen molar-refractivity contribution in [2.24, 2.45) is 5.73 Å². The summed E-state index contributed by atoms with van der Waals surface area (Å²) >= 11 is 2.11. The smallest absolute Gasteiger partial charge is 0.0166 e. The Hall–Kier alpha value is 0.270. The Morgan fingerprint density at radius 2 is 2.06 bits per heavy atom. The van der Waals surface area contributed by atoms with Gasteiger partial charge < -0.3 is 10.6 Å². The lowest BCUT2D eigenvalue weighted by molar-refractivity contribution is 0.212. The quantitative estimate of drug-likeness (QED) is 0.824. The van der Waals surface area contributed by atoms with Crippen molar-refractivity contribution in [1.82, 2.24) is 4.90 Å². The fraction of sp³-hybridized carbons (Fsp3) is 1.00. The van der Waals surface area contributed by atoms with E-state index in [2.05, 4.69) is 23.6 Å². The van der Waals surface area contributed by atoms with E-state index < -0.39 is 0 Å². The third-order valence-corrected chi connectivity index (χ3v) is 5.24. The van der Waals surface area contributed by atoms with E-state index in [4.69, 9.17) is 5.73 Å². The standard InChI is InChI=1S/C13H26N2S/c1-12-11-15(9-10-16-12)8-7-13(14)5-3-2-4-6-13/h12H,2-11,14H2,1H3. The minimum absolute atomic E-state index is 0.173. The van der Waals surface area contributed by atoms with E-state index in [9.17, 15) is 0 Å². The van der Waals surface area contributed by atoms with E-state index in [0.29, 0.717) is 0 Å². The molecule has 0 aromatic heterocycles. The highest BCUT2D eigenvalue weighted by atomic mass is 32.2. The van der Waals surface area contributed by atoms with Gasteiger partial charge in [-0.25, -0.2) is 0 Å². The molecule has 0 aromatic carbocycles. The van der Waals surface area contributed by atoms with Gasteiger partial charge in [0.25, 0.3) is 0 Å². The van der Waals surface area contributed by atoms with Gasteiger partial charge in [0.05, 0.1) is 0 Å². The van der Waals surface area contributed by atoms with Crippen molar-refractivity contribution < 1.29 is 0 Å². The maximum atomic E-state index is 6.48. The van der Waals surface area contributed by atoms with Crippen LogP contribution in [0.2, 0.25) is 0 Å². The van der Waals surface area contributed by atoms with E-state index in [1.54, 1.807) is 0 Å². The molecule has 1 saturated heterocycles. The fourth-order valence-electron chi connectivity index (χ4n) is 2.98. The number of hydrogen-bond acceptors (Lipinski definition) is 3. The summed E-state index contributed by atoms with van der Waals surface area (Å²) in [5, 5.41) is 0.814. The molecule has 1 unspecified atom stereocenters. The van der Waals surface area contributed by atoms with Crippen molar-refractivity contribution in [1.29, 1.82) is 0 Å². The molecule has 0 radical (unpaired) electrons. The third-order valence-electron chi connectivity index (χ3n) is 4.10. The van der Waals surface area contributed by atoms with Crippen molar-refractivity contribution in [3.8, 4) is 0 Å². The molecule has 0 aromatic rings. The highest BCUT2D eigenvalue weighted by Crippen LogP contribution is 2.29. The van der Waals surface area contributed by atoms with Gasteiger partial charge in [0.2, 0.25) is 0 Å². The molecule has 0 amide bonds. The lowest BCUT2D eigenvalue weighted by Crippen LogP contribution is -2.46. The Balaban J connectivity index is 1.73. The van der Waals surface area contributed by atoms with Gasteiger partial charge >= 0.3 is 0 Å². The molecule has 2 aliphatic rings. The fourth-order valence-corrected chi connectivity index (χ4v) is 4.06. The molecule has 0 spiro atoms. The summed E-state index contributed by atoms with van der Waals surface area (Å²) < 4.78 is 0. The van der Waals surface area contributed by atoms with Crippen LogP contribution in [-0.2, 0) is 0 Å². The van der Waals surface area contributed by atoms with E-state index in [-0.39, 0.29) is 5.54 Å². The molecule has 2 N–H and O–H groups in total. The number of nitrogens with two attached hydrogens (primary N) is 1. The molecule has 1 atom stereocenters. The van der Waals surface area contributed by atoms with Crippen LogP contribution in [0, 0.1) is 0 Å². The van der Waals surface area contributed by atoms with Gasteiger partial charge in [0.15, 0.2) is 0 Å². The van der Waals surface area contributed by atoms with Crippen molar-refractivity contribution in [2.75, 3.05) is 25.4 Å². The highest BCUT2D eigenvalue weighted by Gasteiger charge is 2.28. The molecule has 2 fully saturated rings. The maximum Gasteiger partial charge on any atom is 0.0166 e. The zero-order valence-corrected chi connectivity index (χ0v) is 11.4. The molecule has 0 bridgehead atoms. The van der Waals surface area contributed by atoms with E-state index >= 15 is 0 Å². The van der Waals surface area contributed by atoms with Crippen LogP contribution in [0.5, 0.6) is 0 Å². The summed E-state index contributed by atoms with van der Waals surface area (Å²) in [6.07, 6.45) is 7.82. The summed E-state index contributed by atoms with van der Waals surface area (Å²) in [5.41, 5.74) is 6.65. The van der Waals surface area contributed by atoms with Crippen molar-refractivity contribution in [2.45, 2.75) is 56.2 Å². The van der Waals surface area contributed by atoms with Crippen LogP contribution in [-0.4, -0.2) is 41.1 Å². The van der Waals surface area contributed by atoms with Crippen molar-refractivity contribution >= 4 is 11.8 Å². The van der Waals surface area contributed by atoms with Crippen LogP contribution < -0.4 is 5.73 Å². The summed E-state index contributed by atoms with van der Waals surface area (Å²) in [7, 11) is 0. The second kappa shape index (κ2) is 5.74. The number of nitrogens with zero attached hydrogens (tertiary/aromatic N) is 1. The molecule has 1 heterocycles. The number of hydrogen-bond donors (Lipinski definition) is 1. The first-order valence-electron chi connectivity index (χ1n) is 6.81. The summed E-state index contributed by atoms with van der Waals surface area (Å²) in [6.45, 7) is 6.10. The minimum atomic E-state index is 0.173. The first-order valence-corrected chi connectivity index (χ1v) is 7.86. The van der Waals surface area contributed by atoms with Gasteiger partial charge in [-0.3, -0.25) is 0 Å². The lowest BCUT2D eigenvalue weighted by atomic mass is 9.80. The molecule has 1 saturated carbocycles. The number of rotatable bonds is 3. The van der Waals surface area contributed by atoms with Gasteiger partial charge in [-0.05, 0) is 25.8 Å². The van der Waals surface area contributed by atoms with Gasteiger partial charge in [0.1, 0.15) is 0 Å². The van der Waals surface area contributed by atoms with Gasteiger partial charge in [-0.15, -0.1) is 0 Å². The molecule has 94 valence electrons. The first kappa shape index (κ1) is 12.7. The van der Waals surface area contributed by atoms with Crippen LogP contribution in [0.1, 0.15) is 45.4 Å². The van der Waals surface area contributed by atoms with E-state index in [1.807, 2.05) is 0 Å². The Bertz CT molecular complexity index is 214. The summed E-state index contributed by atoms with van der Waals surface area (Å²) in [5.74, 6) is 1.30. The van der Waals surface area contributed by atoms with Crippen LogP contribution in [0.15, 0.2) is 0 Å². The van der Waals surface area contributed by atoms with E-state index in [1.165, 1.54) is 63.9 Å². The van der Waals surface area contributed by atoms with Gasteiger partial charge in [0, 0.05) is 29.6 Å². The normalized spacial score (nSPS) is 31.5. The predicted octanol–water partition coefficient (Wildman–Crippen LogP) is 2.48. The van der Waals surface area contributed by atoms with Crippen LogP contribution in [0.3, 0.4) is 0 Å². The zero-order chi connectivity index (χ0) is 11.4. The Morgan fingerprint density at radius 1 is 1.31 bits per heavy atom. The van der Waals surface area contributed by atoms with Crippen molar-refractivity contribution in [3.05, 3.63) is 0 Å². The molecule has 3 heteroatoms. The molecule has 16 heavy (non-hydrogen) atoms. The molecular formula is C13H26N2S. The Kier molecular flexibility index (Phi) is 4.57. The zero-order valence-electron chi connectivity index (χ0n) is 10.6. The minimum Gasteiger partial charge on any atom is -0.325 e. The van der Waals surface area contributed by atoms with Crippen LogP contribution >= 0.6 is 11.8 Å². The van der Waals surface area contributed by atoms with Gasteiger partial charge in [-0.1, -0.05) is 26.2 Å². The molecular weight excluding hydrogens is 216 g/mol. The summed E-state index contributed by atoms with van der Waals surface area (Å²) in [4.78, 5) is 2.62. The van der Waals surface area contributed by atoms with Crippen molar-refractivity contribution in [3.63, 3.8) is 0 Å².